The van der Waals surface area contributed by atoms with Crippen molar-refractivity contribution >= 4 is 17.8 Å². The molecule has 3 heterocycles. The van der Waals surface area contributed by atoms with Gasteiger partial charge in [-0.05, 0) is 26.6 Å². The fourth-order valence-corrected chi connectivity index (χ4v) is 3.52. The molecule has 2 fully saturated rings. The number of aromatic nitrogens is 2. The Hall–Kier alpha value is -2.22. The van der Waals surface area contributed by atoms with E-state index in [1.165, 1.54) is 0 Å². The summed E-state index contributed by atoms with van der Waals surface area (Å²) < 4.78 is 0. The van der Waals surface area contributed by atoms with Crippen molar-refractivity contribution in [1.29, 1.82) is 0 Å². The molecule has 0 radical (unpaired) electrons. The largest absolute Gasteiger partial charge is 0.341 e. The van der Waals surface area contributed by atoms with Crippen molar-refractivity contribution < 1.29 is 9.59 Å². The van der Waals surface area contributed by atoms with Gasteiger partial charge in [0.25, 0.3) is 0 Å². The summed E-state index contributed by atoms with van der Waals surface area (Å²) in [5, 5.41) is 0. The molecule has 1 aromatic rings. The molecule has 0 N–H and O–H groups in total. The van der Waals surface area contributed by atoms with Gasteiger partial charge in [-0.25, -0.2) is 9.97 Å². The van der Waals surface area contributed by atoms with E-state index in [0.29, 0.717) is 32.0 Å². The summed E-state index contributed by atoms with van der Waals surface area (Å²) in [6.45, 7) is 5.00. The molecule has 2 amide bonds. The highest BCUT2D eigenvalue weighted by Crippen LogP contribution is 2.21. The Labute approximate surface area is 154 Å². The molecular formula is C18H28N6O2. The molecule has 0 unspecified atom stereocenters. The predicted molar refractivity (Wildman–Crippen MR) is 98.7 cm³/mol. The molecule has 1 aromatic heterocycles. The van der Waals surface area contributed by atoms with Crippen LogP contribution in [0.2, 0.25) is 0 Å². The van der Waals surface area contributed by atoms with Crippen LogP contribution in [-0.2, 0) is 9.59 Å². The number of hydrogen-bond donors (Lipinski definition) is 0. The number of hydrogen-bond acceptors (Lipinski definition) is 6. The third-order valence-corrected chi connectivity index (χ3v) is 5.02. The minimum Gasteiger partial charge on any atom is -0.341 e. The lowest BCUT2D eigenvalue weighted by atomic mass is 10.1. The Morgan fingerprint density at radius 1 is 1.19 bits per heavy atom. The average Bonchev–Trinajstić information content (AvgIpc) is 2.85. The van der Waals surface area contributed by atoms with Crippen LogP contribution in [0.25, 0.3) is 0 Å². The van der Waals surface area contributed by atoms with Gasteiger partial charge in [0.15, 0.2) is 0 Å². The molecule has 0 spiro atoms. The van der Waals surface area contributed by atoms with E-state index in [1.54, 1.807) is 18.5 Å². The minimum absolute atomic E-state index is 0.0966. The van der Waals surface area contributed by atoms with Crippen LogP contribution in [0, 0.1) is 5.92 Å². The van der Waals surface area contributed by atoms with Crippen LogP contribution in [0.3, 0.4) is 0 Å². The summed E-state index contributed by atoms with van der Waals surface area (Å²) >= 11 is 0. The number of nitrogens with zero attached hydrogens (tertiary/aromatic N) is 6. The fourth-order valence-electron chi connectivity index (χ4n) is 3.52. The van der Waals surface area contributed by atoms with Crippen LogP contribution in [0.5, 0.6) is 0 Å². The van der Waals surface area contributed by atoms with Gasteiger partial charge in [-0.3, -0.25) is 9.59 Å². The zero-order chi connectivity index (χ0) is 18.5. The molecule has 0 aliphatic carbocycles. The molecule has 3 rings (SSSR count). The maximum atomic E-state index is 12.9. The van der Waals surface area contributed by atoms with Crippen molar-refractivity contribution in [1.82, 2.24) is 24.7 Å². The molecule has 2 saturated heterocycles. The van der Waals surface area contributed by atoms with E-state index in [9.17, 15) is 9.59 Å². The van der Waals surface area contributed by atoms with Gasteiger partial charge in [0, 0.05) is 64.6 Å². The molecule has 2 aliphatic heterocycles. The van der Waals surface area contributed by atoms with Gasteiger partial charge in [-0.15, -0.1) is 0 Å². The van der Waals surface area contributed by atoms with Crippen molar-refractivity contribution in [2.45, 2.75) is 12.8 Å². The average molecular weight is 360 g/mol. The van der Waals surface area contributed by atoms with Crippen LogP contribution >= 0.6 is 0 Å². The normalized spacial score (nSPS) is 21.4. The number of carbonyl (C=O) groups excluding carboxylic acids is 2. The van der Waals surface area contributed by atoms with Crippen LogP contribution in [0.4, 0.5) is 5.95 Å². The second-order valence-corrected chi connectivity index (χ2v) is 7.26. The second-order valence-electron chi connectivity index (χ2n) is 7.26. The number of carbonyl (C=O) groups is 2. The smallest absolute Gasteiger partial charge is 0.228 e. The first-order valence-electron chi connectivity index (χ1n) is 9.28. The SMILES string of the molecule is CN(C)CCN1C[C@@H](C(=O)N2CCCN(c3ncccn3)CC2)CC1=O. The standard InChI is InChI=1S/C18H28N6O2/c1-21(2)9-10-24-14-15(13-16(24)25)17(26)22-7-4-8-23(12-11-22)18-19-5-3-6-20-18/h3,5-6,15H,4,7-14H2,1-2H3/t15-/m0/s1. The molecular weight excluding hydrogens is 332 g/mol. The van der Waals surface area contributed by atoms with Crippen molar-refractivity contribution in [3.63, 3.8) is 0 Å². The summed E-state index contributed by atoms with van der Waals surface area (Å²) in [5.74, 6) is 0.720. The fraction of sp³-hybridized carbons (Fsp3) is 0.667. The lowest BCUT2D eigenvalue weighted by molar-refractivity contribution is -0.135. The minimum atomic E-state index is -0.204. The Kier molecular flexibility index (Phi) is 6.03. The van der Waals surface area contributed by atoms with Crippen molar-refractivity contribution in [3.8, 4) is 0 Å². The third-order valence-electron chi connectivity index (χ3n) is 5.02. The van der Waals surface area contributed by atoms with Gasteiger partial charge in [-0.1, -0.05) is 0 Å². The van der Waals surface area contributed by atoms with Crippen molar-refractivity contribution in [3.05, 3.63) is 18.5 Å². The quantitative estimate of drug-likeness (QED) is 0.732. The van der Waals surface area contributed by atoms with Crippen molar-refractivity contribution in [2.24, 2.45) is 5.92 Å². The Morgan fingerprint density at radius 2 is 1.96 bits per heavy atom. The van der Waals surface area contributed by atoms with E-state index in [-0.39, 0.29) is 17.7 Å². The van der Waals surface area contributed by atoms with Crippen LogP contribution in [0.1, 0.15) is 12.8 Å². The van der Waals surface area contributed by atoms with E-state index in [0.717, 1.165) is 32.6 Å². The molecule has 0 saturated carbocycles. The van der Waals surface area contributed by atoms with Crippen LogP contribution in [0.15, 0.2) is 18.5 Å². The first-order valence-corrected chi connectivity index (χ1v) is 9.28. The molecule has 0 bridgehead atoms. The topological polar surface area (TPSA) is 72.9 Å². The predicted octanol–water partition coefficient (Wildman–Crippen LogP) is -0.0746. The summed E-state index contributed by atoms with van der Waals surface area (Å²) in [7, 11) is 3.98. The van der Waals surface area contributed by atoms with Gasteiger partial charge in [0.2, 0.25) is 17.8 Å². The van der Waals surface area contributed by atoms with E-state index in [4.69, 9.17) is 0 Å². The van der Waals surface area contributed by atoms with Gasteiger partial charge >= 0.3 is 0 Å². The van der Waals surface area contributed by atoms with Crippen molar-refractivity contribution in [2.75, 3.05) is 64.8 Å². The number of rotatable bonds is 5. The summed E-state index contributed by atoms with van der Waals surface area (Å²) in [4.78, 5) is 41.6. The van der Waals surface area contributed by atoms with E-state index < -0.39 is 0 Å². The molecule has 0 aromatic carbocycles. The van der Waals surface area contributed by atoms with E-state index in [1.807, 2.05) is 23.9 Å². The maximum absolute atomic E-state index is 12.9. The maximum Gasteiger partial charge on any atom is 0.228 e. The van der Waals surface area contributed by atoms with Gasteiger partial charge in [0.05, 0.1) is 5.92 Å². The molecule has 2 aliphatic rings. The highest BCUT2D eigenvalue weighted by Gasteiger charge is 2.36. The summed E-state index contributed by atoms with van der Waals surface area (Å²) in [5.41, 5.74) is 0. The third kappa shape index (κ3) is 4.49. The monoisotopic (exact) mass is 360 g/mol. The van der Waals surface area contributed by atoms with Crippen LogP contribution in [-0.4, -0.2) is 96.4 Å². The first-order chi connectivity index (χ1) is 12.5. The summed E-state index contributed by atoms with van der Waals surface area (Å²) in [6, 6.07) is 1.80. The number of anilines is 1. The second kappa shape index (κ2) is 8.44. The van der Waals surface area contributed by atoms with Gasteiger partial charge < -0.3 is 19.6 Å². The number of likely N-dealkylation sites (tertiary alicyclic amines) is 1. The number of likely N-dealkylation sites (N-methyl/N-ethyl adjacent to an activating group) is 1. The van der Waals surface area contributed by atoms with Crippen LogP contribution < -0.4 is 4.90 Å². The highest BCUT2D eigenvalue weighted by atomic mass is 16.2. The molecule has 1 atom stereocenters. The molecule has 8 nitrogen and oxygen atoms in total. The Balaban J connectivity index is 1.54. The lowest BCUT2D eigenvalue weighted by Gasteiger charge is -2.25. The first kappa shape index (κ1) is 18.6. The van der Waals surface area contributed by atoms with E-state index >= 15 is 0 Å². The Bertz CT molecular complexity index is 623. The lowest BCUT2D eigenvalue weighted by Crippen LogP contribution is -2.40. The summed E-state index contributed by atoms with van der Waals surface area (Å²) in [6.07, 6.45) is 4.70. The molecule has 142 valence electrons. The van der Waals surface area contributed by atoms with E-state index in [2.05, 4.69) is 19.8 Å². The Morgan fingerprint density at radius 3 is 2.69 bits per heavy atom. The molecule has 8 heteroatoms. The molecule has 26 heavy (non-hydrogen) atoms. The zero-order valence-corrected chi connectivity index (χ0v) is 15.7. The zero-order valence-electron chi connectivity index (χ0n) is 15.7. The highest BCUT2D eigenvalue weighted by molar-refractivity contribution is 5.89. The van der Waals surface area contributed by atoms with Gasteiger partial charge in [-0.2, -0.15) is 0 Å². The number of amides is 2. The van der Waals surface area contributed by atoms with Gasteiger partial charge in [0.1, 0.15) is 0 Å².